The van der Waals surface area contributed by atoms with Crippen LogP contribution < -0.4 is 16.5 Å². The van der Waals surface area contributed by atoms with Crippen LogP contribution in [0.3, 0.4) is 0 Å². The van der Waals surface area contributed by atoms with Crippen LogP contribution in [0.1, 0.15) is 6.92 Å². The van der Waals surface area contributed by atoms with Crippen molar-refractivity contribution in [1.29, 1.82) is 0 Å². The summed E-state index contributed by atoms with van der Waals surface area (Å²) in [6.07, 6.45) is 0. The number of carboxylic acid groups (broad SMARTS) is 1. The van der Waals surface area contributed by atoms with Crippen molar-refractivity contribution in [3.63, 3.8) is 0 Å². The molecule has 0 rings (SSSR count). The van der Waals surface area contributed by atoms with Crippen molar-refractivity contribution >= 4 is 21.6 Å². The molecule has 15 heavy (non-hydrogen) atoms. The van der Waals surface area contributed by atoms with Crippen molar-refractivity contribution in [2.24, 2.45) is 11.5 Å². The molecule has 7 nitrogen and oxygen atoms in total. The van der Waals surface area contributed by atoms with Crippen LogP contribution in [0.25, 0.3) is 0 Å². The summed E-state index contributed by atoms with van der Waals surface area (Å²) in [4.78, 5) is 13.0. The minimum absolute atomic E-state index is 0.150. The highest BCUT2D eigenvalue weighted by Gasteiger charge is 2.21. The monoisotopic (exact) mass is 238 g/mol. The fourth-order valence-corrected chi connectivity index (χ4v) is 2.10. The number of amidine groups is 1. The lowest BCUT2D eigenvalue weighted by atomic mass is 10.4. The van der Waals surface area contributed by atoms with Crippen molar-refractivity contribution in [3.8, 4) is 0 Å². The molecule has 0 aliphatic carbocycles. The third-order valence-corrected chi connectivity index (χ3v) is 3.26. The van der Waals surface area contributed by atoms with Gasteiger partial charge in [-0.15, -0.1) is 0 Å². The van der Waals surface area contributed by atoms with E-state index in [9.17, 15) is 13.2 Å². The summed E-state index contributed by atoms with van der Waals surface area (Å²) in [6.45, 7) is 1.74. The summed E-state index contributed by atoms with van der Waals surface area (Å²) < 4.78 is 22.6. The smallest absolute Gasteiger partial charge is 0.321 e. The fraction of sp³-hybridized carbons (Fsp3) is 0.714. The average Bonchev–Trinajstić information content (AvgIpc) is 2.01. The van der Waals surface area contributed by atoms with Gasteiger partial charge in [-0.3, -0.25) is 15.5 Å². The maximum absolute atomic E-state index is 11.3. The van der Waals surface area contributed by atoms with Gasteiger partial charge in [-0.25, -0.2) is 8.42 Å². The molecule has 0 aliphatic heterocycles. The Hall–Kier alpha value is -1.15. The second-order valence-electron chi connectivity index (χ2n) is 3.17. The van der Waals surface area contributed by atoms with Crippen LogP contribution in [-0.2, 0) is 14.6 Å². The van der Waals surface area contributed by atoms with Gasteiger partial charge in [-0.1, -0.05) is 0 Å². The highest BCUT2D eigenvalue weighted by molar-refractivity contribution is 7.91. The first-order valence-corrected chi connectivity index (χ1v) is 6.08. The van der Waals surface area contributed by atoms with Crippen molar-refractivity contribution in [1.82, 2.24) is 0 Å². The first-order valence-electron chi connectivity index (χ1n) is 4.26. The first kappa shape index (κ1) is 13.8. The number of carboxylic acids is 1. The maximum atomic E-state index is 11.3. The molecule has 8 heteroatoms. The van der Waals surface area contributed by atoms with E-state index in [0.29, 0.717) is 5.84 Å². The lowest BCUT2D eigenvalue weighted by Gasteiger charge is -2.05. The van der Waals surface area contributed by atoms with E-state index in [-0.39, 0.29) is 12.3 Å². The molecule has 0 fully saturated rings. The number of sulfone groups is 1. The van der Waals surface area contributed by atoms with E-state index in [4.69, 9.17) is 16.6 Å². The molecule has 0 aliphatic rings. The molecular formula is C7H16N3O4S+. The molecule has 0 radical (unpaired) electrons. The zero-order chi connectivity index (χ0) is 12.1. The summed E-state index contributed by atoms with van der Waals surface area (Å²) in [7, 11) is -3.46. The molecule has 0 saturated heterocycles. The predicted octanol–water partition coefficient (Wildman–Crippen LogP) is -3.73. The van der Waals surface area contributed by atoms with Gasteiger partial charge in [0.05, 0.1) is 18.1 Å². The van der Waals surface area contributed by atoms with Crippen molar-refractivity contribution in [3.05, 3.63) is 0 Å². The third kappa shape index (κ3) is 6.86. The summed E-state index contributed by atoms with van der Waals surface area (Å²) in [5.41, 5.74) is 10.4. The summed E-state index contributed by atoms with van der Waals surface area (Å²) in [5.74, 6) is -1.67. The number of aliphatic carboxylic acids is 1. The molecule has 0 aromatic heterocycles. The standard InChI is InChI=1S/C7H15N3O4S/c1-5(8)10-2-3-15(13,14)4-6(9)7(11)12/h6H,2-4,9H2,1H3,(H2,8,10)(H,11,12)/p+1. The van der Waals surface area contributed by atoms with Gasteiger partial charge in [0.25, 0.3) is 0 Å². The molecule has 0 amide bonds. The van der Waals surface area contributed by atoms with Crippen LogP contribution >= 0.6 is 0 Å². The number of carbonyl (C=O) groups is 1. The second kappa shape index (κ2) is 5.66. The number of hydrogen-bond donors (Lipinski definition) is 4. The van der Waals surface area contributed by atoms with Gasteiger partial charge in [-0.2, -0.15) is 0 Å². The minimum Gasteiger partial charge on any atom is -0.480 e. The number of hydrogen-bond acceptors (Lipinski definition) is 4. The minimum atomic E-state index is -3.46. The maximum Gasteiger partial charge on any atom is 0.321 e. The van der Waals surface area contributed by atoms with Gasteiger partial charge in [-0.05, 0) is 0 Å². The van der Waals surface area contributed by atoms with E-state index in [2.05, 4.69) is 4.99 Å². The van der Waals surface area contributed by atoms with Crippen molar-refractivity contribution < 1.29 is 23.3 Å². The highest BCUT2D eigenvalue weighted by Crippen LogP contribution is 1.92. The Morgan fingerprint density at radius 3 is 2.47 bits per heavy atom. The van der Waals surface area contributed by atoms with Gasteiger partial charge < -0.3 is 10.8 Å². The Kier molecular flexibility index (Phi) is 5.23. The Bertz CT molecular complexity index is 345. The number of rotatable bonds is 6. The van der Waals surface area contributed by atoms with Crippen LogP contribution in [-0.4, -0.2) is 49.4 Å². The lowest BCUT2D eigenvalue weighted by Crippen LogP contribution is -2.76. The molecule has 0 saturated carbocycles. The molecule has 0 heterocycles. The van der Waals surface area contributed by atoms with Crippen molar-refractivity contribution in [2.45, 2.75) is 13.0 Å². The van der Waals surface area contributed by atoms with E-state index in [1.165, 1.54) is 0 Å². The van der Waals surface area contributed by atoms with Gasteiger partial charge in [0.1, 0.15) is 6.04 Å². The molecule has 0 aromatic rings. The summed E-state index contributed by atoms with van der Waals surface area (Å²) in [6, 6.07) is -1.38. The molecule has 6 N–H and O–H groups in total. The van der Waals surface area contributed by atoms with Crippen LogP contribution in [0.15, 0.2) is 0 Å². The van der Waals surface area contributed by atoms with Gasteiger partial charge in [0.2, 0.25) is 5.84 Å². The van der Waals surface area contributed by atoms with Gasteiger partial charge >= 0.3 is 5.97 Å². The summed E-state index contributed by atoms with van der Waals surface area (Å²) in [5, 5.41) is 8.43. The van der Waals surface area contributed by atoms with E-state index in [1.807, 2.05) is 0 Å². The second-order valence-corrected chi connectivity index (χ2v) is 5.40. The van der Waals surface area contributed by atoms with Crippen LogP contribution in [0.5, 0.6) is 0 Å². The van der Waals surface area contributed by atoms with E-state index in [1.54, 1.807) is 6.92 Å². The molecule has 0 bridgehead atoms. The SMILES string of the molecule is CC(N)=[NH+]CCS(=O)(=O)CC(N)C(=O)O. The van der Waals surface area contributed by atoms with Crippen LogP contribution in [0, 0.1) is 0 Å². The molecule has 88 valence electrons. The fourth-order valence-electron chi connectivity index (χ4n) is 0.832. The predicted molar refractivity (Wildman–Crippen MR) is 55.0 cm³/mol. The average molecular weight is 238 g/mol. The zero-order valence-corrected chi connectivity index (χ0v) is 9.25. The van der Waals surface area contributed by atoms with Crippen molar-refractivity contribution in [2.75, 3.05) is 18.1 Å². The Morgan fingerprint density at radius 1 is 1.53 bits per heavy atom. The molecular weight excluding hydrogens is 222 g/mol. The normalized spacial score (nSPS) is 14.9. The first-order chi connectivity index (χ1) is 6.74. The highest BCUT2D eigenvalue weighted by atomic mass is 32.2. The number of nitrogens with two attached hydrogens (primary N) is 2. The Labute approximate surface area is 88.1 Å². The van der Waals surface area contributed by atoms with E-state index < -0.39 is 27.6 Å². The molecule has 1 unspecified atom stereocenters. The lowest BCUT2D eigenvalue weighted by molar-refractivity contribution is -0.452. The summed E-state index contributed by atoms with van der Waals surface area (Å²) >= 11 is 0. The third-order valence-electron chi connectivity index (χ3n) is 1.57. The quantitative estimate of drug-likeness (QED) is 0.277. The largest absolute Gasteiger partial charge is 0.480 e. The van der Waals surface area contributed by atoms with Gasteiger partial charge in [0.15, 0.2) is 9.84 Å². The Morgan fingerprint density at radius 2 is 2.07 bits per heavy atom. The zero-order valence-electron chi connectivity index (χ0n) is 8.43. The van der Waals surface area contributed by atoms with E-state index in [0.717, 1.165) is 0 Å². The van der Waals surface area contributed by atoms with Gasteiger partial charge in [0, 0.05) is 6.92 Å². The Balaban J connectivity index is 4.21. The van der Waals surface area contributed by atoms with Crippen LogP contribution in [0.4, 0.5) is 0 Å². The van der Waals surface area contributed by atoms with E-state index >= 15 is 0 Å². The molecule has 1 atom stereocenters. The molecule has 0 spiro atoms. The number of nitrogens with one attached hydrogen (secondary N) is 1. The topological polar surface area (TPSA) is 137 Å². The molecule has 0 aromatic carbocycles. The van der Waals surface area contributed by atoms with Crippen LogP contribution in [0.2, 0.25) is 0 Å².